The monoisotopic (exact) mass is 385 g/mol. The quantitative estimate of drug-likeness (QED) is 0.794. The molecule has 7 nitrogen and oxygen atoms in total. The standard InChI is InChI=1S/C20H24FN5O2/c21-14-4-1-3-13(7-14)10-26-16-8-18(20(26)28)24(11-16)12-17(23)19(27)25-6-2-5-15(25)9-22/h1,3-4,7,15-18H,2,5-6,8,10-12,23H2/t15?,16-,17?,18?/m0/s1. The van der Waals surface area contributed by atoms with Gasteiger partial charge in [0, 0.05) is 32.2 Å². The number of fused-ring (bicyclic) bond motifs is 2. The molecule has 0 radical (unpaired) electrons. The minimum absolute atomic E-state index is 0.0104. The number of benzene rings is 1. The van der Waals surface area contributed by atoms with Gasteiger partial charge >= 0.3 is 0 Å². The van der Waals surface area contributed by atoms with Gasteiger partial charge in [-0.15, -0.1) is 0 Å². The van der Waals surface area contributed by atoms with Crippen LogP contribution in [0.3, 0.4) is 0 Å². The molecular weight excluding hydrogens is 361 g/mol. The van der Waals surface area contributed by atoms with E-state index in [-0.39, 0.29) is 29.7 Å². The van der Waals surface area contributed by atoms with Crippen LogP contribution in [-0.2, 0) is 16.1 Å². The highest BCUT2D eigenvalue weighted by Crippen LogP contribution is 2.33. The van der Waals surface area contributed by atoms with E-state index in [9.17, 15) is 19.2 Å². The Morgan fingerprint density at radius 2 is 2.25 bits per heavy atom. The number of rotatable bonds is 5. The zero-order chi connectivity index (χ0) is 19.8. The van der Waals surface area contributed by atoms with Crippen LogP contribution < -0.4 is 5.73 Å². The maximum Gasteiger partial charge on any atom is 0.241 e. The van der Waals surface area contributed by atoms with Crippen molar-refractivity contribution < 1.29 is 14.0 Å². The molecule has 3 aliphatic rings. The van der Waals surface area contributed by atoms with Gasteiger partial charge in [0.25, 0.3) is 0 Å². The van der Waals surface area contributed by atoms with Crippen LogP contribution in [0.4, 0.5) is 4.39 Å². The van der Waals surface area contributed by atoms with E-state index in [1.807, 2.05) is 11.0 Å². The second-order valence-electron chi connectivity index (χ2n) is 7.88. The average Bonchev–Trinajstić information content (AvgIpc) is 3.37. The predicted octanol–water partition coefficient (Wildman–Crippen LogP) is 0.453. The smallest absolute Gasteiger partial charge is 0.241 e. The molecule has 28 heavy (non-hydrogen) atoms. The van der Waals surface area contributed by atoms with Gasteiger partial charge in [0.2, 0.25) is 11.8 Å². The Morgan fingerprint density at radius 1 is 1.43 bits per heavy atom. The summed E-state index contributed by atoms with van der Waals surface area (Å²) >= 11 is 0. The van der Waals surface area contributed by atoms with Gasteiger partial charge in [-0.3, -0.25) is 14.5 Å². The van der Waals surface area contributed by atoms with Gasteiger partial charge in [0.05, 0.1) is 18.2 Å². The molecule has 0 spiro atoms. The molecule has 0 aromatic heterocycles. The number of likely N-dealkylation sites (tertiary alicyclic amines) is 3. The van der Waals surface area contributed by atoms with Crippen LogP contribution in [-0.4, -0.2) is 70.3 Å². The van der Waals surface area contributed by atoms with Crippen LogP contribution in [0.5, 0.6) is 0 Å². The number of hydrogen-bond acceptors (Lipinski definition) is 5. The van der Waals surface area contributed by atoms with Crippen LogP contribution in [0.15, 0.2) is 24.3 Å². The number of nitriles is 1. The fraction of sp³-hybridized carbons (Fsp3) is 0.550. The first-order valence-electron chi connectivity index (χ1n) is 9.72. The number of nitrogens with zero attached hydrogens (tertiary/aromatic N) is 4. The van der Waals surface area contributed by atoms with Gasteiger partial charge in [-0.05, 0) is 37.0 Å². The second kappa shape index (κ2) is 7.49. The lowest BCUT2D eigenvalue weighted by molar-refractivity contribution is -0.139. The SMILES string of the molecule is N#CC1CCCN1C(=O)C(N)CN1C[C@@H]2CC1C(=O)N2Cc1cccc(F)c1. The highest BCUT2D eigenvalue weighted by Gasteiger charge is 2.50. The lowest BCUT2D eigenvalue weighted by atomic mass is 10.1. The fourth-order valence-electron chi connectivity index (χ4n) is 4.68. The Hall–Kier alpha value is -2.50. The van der Waals surface area contributed by atoms with E-state index >= 15 is 0 Å². The Bertz CT molecular complexity index is 825. The largest absolute Gasteiger partial charge is 0.333 e. The molecule has 2 amide bonds. The summed E-state index contributed by atoms with van der Waals surface area (Å²) in [6.45, 7) is 1.94. The van der Waals surface area contributed by atoms with Crippen LogP contribution in [0.25, 0.3) is 0 Å². The summed E-state index contributed by atoms with van der Waals surface area (Å²) in [4.78, 5) is 30.8. The van der Waals surface area contributed by atoms with Crippen molar-refractivity contribution in [3.05, 3.63) is 35.6 Å². The molecule has 3 unspecified atom stereocenters. The Morgan fingerprint density at radius 3 is 2.96 bits per heavy atom. The van der Waals surface area contributed by atoms with Gasteiger partial charge in [0.15, 0.2) is 0 Å². The van der Waals surface area contributed by atoms with Crippen LogP contribution in [0.1, 0.15) is 24.8 Å². The highest BCUT2D eigenvalue weighted by atomic mass is 19.1. The summed E-state index contributed by atoms with van der Waals surface area (Å²) in [5.74, 6) is -0.509. The number of nitrogens with two attached hydrogens (primary N) is 1. The highest BCUT2D eigenvalue weighted by molar-refractivity contribution is 5.86. The molecule has 3 heterocycles. The third kappa shape index (κ3) is 3.36. The maximum absolute atomic E-state index is 13.4. The van der Waals surface area contributed by atoms with Crippen molar-refractivity contribution in [1.82, 2.24) is 14.7 Å². The first kappa shape index (κ1) is 18.8. The molecule has 3 aliphatic heterocycles. The van der Waals surface area contributed by atoms with Crippen molar-refractivity contribution in [3.63, 3.8) is 0 Å². The number of hydrogen-bond donors (Lipinski definition) is 1. The third-order valence-electron chi connectivity index (χ3n) is 6.07. The van der Waals surface area contributed by atoms with Crippen LogP contribution in [0, 0.1) is 17.1 Å². The van der Waals surface area contributed by atoms with Gasteiger partial charge in [0.1, 0.15) is 11.9 Å². The summed E-state index contributed by atoms with van der Waals surface area (Å²) in [6.07, 6.45) is 2.22. The lowest BCUT2D eigenvalue weighted by Gasteiger charge is -2.35. The summed E-state index contributed by atoms with van der Waals surface area (Å²) in [7, 11) is 0. The van der Waals surface area contributed by atoms with Crippen molar-refractivity contribution in [2.24, 2.45) is 5.73 Å². The van der Waals surface area contributed by atoms with E-state index in [1.165, 1.54) is 12.1 Å². The van der Waals surface area contributed by atoms with Gasteiger partial charge in [-0.1, -0.05) is 12.1 Å². The molecule has 0 saturated carbocycles. The summed E-state index contributed by atoms with van der Waals surface area (Å²) in [6, 6.07) is 7.11. The minimum atomic E-state index is -0.738. The number of amides is 2. The van der Waals surface area contributed by atoms with E-state index in [2.05, 4.69) is 6.07 Å². The lowest BCUT2D eigenvalue weighted by Crippen LogP contribution is -2.56. The molecule has 4 rings (SSSR count). The summed E-state index contributed by atoms with van der Waals surface area (Å²) < 4.78 is 13.4. The van der Waals surface area contributed by atoms with Gasteiger partial charge in [-0.2, -0.15) is 5.26 Å². The molecule has 1 aromatic carbocycles. The van der Waals surface area contributed by atoms with E-state index in [1.54, 1.807) is 15.9 Å². The predicted molar refractivity (Wildman–Crippen MR) is 99.0 cm³/mol. The molecule has 8 heteroatoms. The molecule has 2 N–H and O–H groups in total. The van der Waals surface area contributed by atoms with E-state index in [0.29, 0.717) is 39.0 Å². The van der Waals surface area contributed by atoms with Crippen LogP contribution >= 0.6 is 0 Å². The van der Waals surface area contributed by atoms with Crippen molar-refractivity contribution in [2.45, 2.75) is 50.0 Å². The first-order valence-corrected chi connectivity index (χ1v) is 9.72. The van der Waals surface area contributed by atoms with Crippen LogP contribution in [0.2, 0.25) is 0 Å². The topological polar surface area (TPSA) is 93.7 Å². The Kier molecular flexibility index (Phi) is 5.04. The fourth-order valence-corrected chi connectivity index (χ4v) is 4.68. The van der Waals surface area contributed by atoms with Gasteiger partial charge < -0.3 is 15.5 Å². The third-order valence-corrected chi connectivity index (χ3v) is 6.07. The second-order valence-corrected chi connectivity index (χ2v) is 7.88. The Labute approximate surface area is 163 Å². The van der Waals surface area contributed by atoms with Gasteiger partial charge in [-0.25, -0.2) is 4.39 Å². The molecule has 3 fully saturated rings. The summed E-state index contributed by atoms with van der Waals surface area (Å²) in [5, 5.41) is 9.17. The normalized spacial score (nSPS) is 28.0. The Balaban J connectivity index is 1.36. The number of piperazine rings is 1. The average molecular weight is 385 g/mol. The molecular formula is C20H24FN5O2. The summed E-state index contributed by atoms with van der Waals surface area (Å²) in [5.41, 5.74) is 6.91. The molecule has 148 valence electrons. The molecule has 0 aliphatic carbocycles. The zero-order valence-corrected chi connectivity index (χ0v) is 15.6. The number of halogens is 1. The van der Waals surface area contributed by atoms with Crippen molar-refractivity contribution in [3.8, 4) is 6.07 Å². The molecule has 4 atom stereocenters. The zero-order valence-electron chi connectivity index (χ0n) is 15.6. The minimum Gasteiger partial charge on any atom is -0.333 e. The van der Waals surface area contributed by atoms with Crippen molar-refractivity contribution >= 4 is 11.8 Å². The van der Waals surface area contributed by atoms with E-state index in [4.69, 9.17) is 5.73 Å². The molecule has 2 bridgehead atoms. The van der Waals surface area contributed by atoms with Crippen molar-refractivity contribution in [1.29, 1.82) is 5.26 Å². The number of carbonyl (C=O) groups is 2. The van der Waals surface area contributed by atoms with Crippen molar-refractivity contribution in [2.75, 3.05) is 19.6 Å². The maximum atomic E-state index is 13.4. The number of carbonyl (C=O) groups excluding carboxylic acids is 2. The molecule has 1 aromatic rings. The first-order chi connectivity index (χ1) is 13.5. The van der Waals surface area contributed by atoms with E-state index < -0.39 is 12.1 Å². The van der Waals surface area contributed by atoms with E-state index in [0.717, 1.165) is 12.0 Å². The molecule has 3 saturated heterocycles.